The van der Waals surface area contributed by atoms with Gasteiger partial charge in [-0.15, -0.1) is 0 Å². The maximum atomic E-state index is 11.0. The molecule has 0 aliphatic heterocycles. The summed E-state index contributed by atoms with van der Waals surface area (Å²) in [6, 6.07) is 3.77. The number of methoxy groups -OCH3 is 1. The summed E-state index contributed by atoms with van der Waals surface area (Å²) in [6.45, 7) is 5.89. The minimum atomic E-state index is -0.783. The van der Waals surface area contributed by atoms with E-state index in [2.05, 4.69) is 15.9 Å². The molecule has 0 bridgehead atoms. The molecule has 1 aromatic rings. The molecular weight excluding hydrogens is 324 g/mol. The highest BCUT2D eigenvalue weighted by Crippen LogP contribution is 2.33. The molecule has 0 aliphatic rings. The first kappa shape index (κ1) is 16.8. The van der Waals surface area contributed by atoms with E-state index < -0.39 is 11.4 Å². The monoisotopic (exact) mass is 344 g/mol. The minimum Gasteiger partial charge on any atom is -0.493 e. The van der Waals surface area contributed by atoms with Crippen molar-refractivity contribution in [2.75, 3.05) is 13.7 Å². The van der Waals surface area contributed by atoms with Gasteiger partial charge < -0.3 is 14.6 Å². The van der Waals surface area contributed by atoms with Crippen LogP contribution in [0.5, 0.6) is 11.5 Å². The number of aryl methyl sites for hydroxylation is 1. The molecule has 0 aromatic heterocycles. The van der Waals surface area contributed by atoms with Gasteiger partial charge >= 0.3 is 5.97 Å². The van der Waals surface area contributed by atoms with Gasteiger partial charge in [-0.25, -0.2) is 0 Å². The molecule has 0 saturated heterocycles. The van der Waals surface area contributed by atoms with Crippen LogP contribution in [-0.2, 0) is 4.79 Å². The fourth-order valence-corrected chi connectivity index (χ4v) is 2.03. The number of carbonyl (C=O) groups is 1. The van der Waals surface area contributed by atoms with Gasteiger partial charge in [-0.1, -0.05) is 15.9 Å². The lowest BCUT2D eigenvalue weighted by atomic mass is 9.88. The van der Waals surface area contributed by atoms with Crippen LogP contribution in [0.25, 0.3) is 0 Å². The molecule has 0 aliphatic carbocycles. The molecule has 0 amide bonds. The Morgan fingerprint density at radius 3 is 2.55 bits per heavy atom. The first-order chi connectivity index (χ1) is 9.27. The second-order valence-electron chi connectivity index (χ2n) is 5.39. The predicted octanol–water partition coefficient (Wildman–Crippen LogP) is 4.04. The SMILES string of the molecule is COc1cc(Br)c(C)cc1OCCCC(C)(C)C(=O)O. The van der Waals surface area contributed by atoms with E-state index in [0.717, 1.165) is 10.0 Å². The molecule has 0 radical (unpaired) electrons. The van der Waals surface area contributed by atoms with Gasteiger partial charge in [-0.2, -0.15) is 0 Å². The van der Waals surface area contributed by atoms with Gasteiger partial charge in [0.15, 0.2) is 11.5 Å². The average Bonchev–Trinajstić information content (AvgIpc) is 2.38. The summed E-state index contributed by atoms with van der Waals surface area (Å²) >= 11 is 3.44. The summed E-state index contributed by atoms with van der Waals surface area (Å²) < 4.78 is 11.9. The zero-order valence-electron chi connectivity index (χ0n) is 12.3. The Morgan fingerprint density at radius 2 is 2.00 bits per heavy atom. The first-order valence-corrected chi connectivity index (χ1v) is 7.27. The van der Waals surface area contributed by atoms with Gasteiger partial charge in [0.25, 0.3) is 0 Å². The number of hydrogen-bond acceptors (Lipinski definition) is 3. The van der Waals surface area contributed by atoms with E-state index in [0.29, 0.717) is 30.9 Å². The molecule has 20 heavy (non-hydrogen) atoms. The Kier molecular flexibility index (Phi) is 5.87. The van der Waals surface area contributed by atoms with Gasteiger partial charge in [0.1, 0.15) is 0 Å². The van der Waals surface area contributed by atoms with Crippen molar-refractivity contribution in [2.45, 2.75) is 33.6 Å². The van der Waals surface area contributed by atoms with Crippen molar-refractivity contribution in [3.63, 3.8) is 0 Å². The van der Waals surface area contributed by atoms with Crippen molar-refractivity contribution >= 4 is 21.9 Å². The Bertz CT molecular complexity index is 483. The van der Waals surface area contributed by atoms with Crippen molar-refractivity contribution in [3.8, 4) is 11.5 Å². The van der Waals surface area contributed by atoms with Crippen molar-refractivity contribution in [1.29, 1.82) is 0 Å². The maximum absolute atomic E-state index is 11.0. The average molecular weight is 345 g/mol. The summed E-state index contributed by atoms with van der Waals surface area (Å²) in [7, 11) is 1.59. The van der Waals surface area contributed by atoms with Gasteiger partial charge in [0.2, 0.25) is 0 Å². The number of aliphatic carboxylic acids is 1. The molecule has 0 spiro atoms. The van der Waals surface area contributed by atoms with E-state index in [1.54, 1.807) is 21.0 Å². The Morgan fingerprint density at radius 1 is 1.35 bits per heavy atom. The van der Waals surface area contributed by atoms with E-state index >= 15 is 0 Å². The second kappa shape index (κ2) is 6.97. The van der Waals surface area contributed by atoms with E-state index in [9.17, 15) is 4.79 Å². The molecule has 1 aromatic carbocycles. The summed E-state index contributed by atoms with van der Waals surface area (Å²) in [5.74, 6) is 0.566. The summed E-state index contributed by atoms with van der Waals surface area (Å²) in [5.41, 5.74) is 0.343. The summed E-state index contributed by atoms with van der Waals surface area (Å²) in [6.07, 6.45) is 1.25. The van der Waals surface area contributed by atoms with Crippen LogP contribution in [0.4, 0.5) is 0 Å². The van der Waals surface area contributed by atoms with Crippen molar-refractivity contribution in [2.24, 2.45) is 5.41 Å². The molecule has 0 atom stereocenters. The number of carboxylic acids is 1. The first-order valence-electron chi connectivity index (χ1n) is 6.48. The molecular formula is C15H21BrO4. The number of halogens is 1. The number of benzene rings is 1. The standard InChI is InChI=1S/C15H21BrO4/c1-10-8-13(12(19-4)9-11(10)16)20-7-5-6-15(2,3)14(17)18/h8-9H,5-7H2,1-4H3,(H,17,18). The number of rotatable bonds is 7. The van der Waals surface area contributed by atoms with Crippen LogP contribution in [-0.4, -0.2) is 24.8 Å². The molecule has 1 N–H and O–H groups in total. The highest BCUT2D eigenvalue weighted by molar-refractivity contribution is 9.10. The topological polar surface area (TPSA) is 55.8 Å². The van der Waals surface area contributed by atoms with Crippen molar-refractivity contribution in [1.82, 2.24) is 0 Å². The smallest absolute Gasteiger partial charge is 0.309 e. The normalized spacial score (nSPS) is 11.2. The molecule has 4 nitrogen and oxygen atoms in total. The van der Waals surface area contributed by atoms with E-state index in [4.69, 9.17) is 14.6 Å². The number of hydrogen-bond donors (Lipinski definition) is 1. The van der Waals surface area contributed by atoms with Crippen LogP contribution in [0.3, 0.4) is 0 Å². The van der Waals surface area contributed by atoms with Crippen LogP contribution in [0.1, 0.15) is 32.3 Å². The van der Waals surface area contributed by atoms with Gasteiger partial charge in [0, 0.05) is 4.47 Å². The van der Waals surface area contributed by atoms with Gasteiger partial charge in [-0.05, 0) is 51.3 Å². The third kappa shape index (κ3) is 4.40. The maximum Gasteiger partial charge on any atom is 0.309 e. The minimum absolute atomic E-state index is 0.466. The third-order valence-corrected chi connectivity index (χ3v) is 4.08. The van der Waals surface area contributed by atoms with Crippen LogP contribution < -0.4 is 9.47 Å². The molecule has 0 heterocycles. The highest BCUT2D eigenvalue weighted by atomic mass is 79.9. The Hall–Kier alpha value is -1.23. The molecule has 112 valence electrons. The molecule has 5 heteroatoms. The summed E-state index contributed by atoms with van der Waals surface area (Å²) in [4.78, 5) is 11.0. The highest BCUT2D eigenvalue weighted by Gasteiger charge is 2.26. The molecule has 0 fully saturated rings. The van der Waals surface area contributed by atoms with Crippen molar-refractivity contribution < 1.29 is 19.4 Å². The van der Waals surface area contributed by atoms with E-state index in [1.807, 2.05) is 19.1 Å². The van der Waals surface area contributed by atoms with E-state index in [1.165, 1.54) is 0 Å². The quantitative estimate of drug-likeness (QED) is 0.758. The van der Waals surface area contributed by atoms with Gasteiger partial charge in [-0.3, -0.25) is 4.79 Å². The molecule has 0 unspecified atom stereocenters. The number of carboxylic acid groups (broad SMARTS) is 1. The van der Waals surface area contributed by atoms with Crippen molar-refractivity contribution in [3.05, 3.63) is 22.2 Å². The van der Waals surface area contributed by atoms with Crippen LogP contribution in [0.15, 0.2) is 16.6 Å². The largest absolute Gasteiger partial charge is 0.493 e. The lowest BCUT2D eigenvalue weighted by Gasteiger charge is -2.19. The lowest BCUT2D eigenvalue weighted by molar-refractivity contribution is -0.147. The Labute approximate surface area is 128 Å². The molecule has 0 saturated carbocycles. The van der Waals surface area contributed by atoms with Crippen LogP contribution in [0.2, 0.25) is 0 Å². The predicted molar refractivity (Wildman–Crippen MR) is 81.6 cm³/mol. The summed E-state index contributed by atoms with van der Waals surface area (Å²) in [5, 5.41) is 9.04. The van der Waals surface area contributed by atoms with E-state index in [-0.39, 0.29) is 0 Å². The molecule has 1 rings (SSSR count). The fraction of sp³-hybridized carbons (Fsp3) is 0.533. The van der Waals surface area contributed by atoms with Gasteiger partial charge in [0.05, 0.1) is 19.1 Å². The fourth-order valence-electron chi connectivity index (χ4n) is 1.71. The zero-order valence-corrected chi connectivity index (χ0v) is 13.9. The Balaban J connectivity index is 2.58. The van der Waals surface area contributed by atoms with Crippen LogP contribution >= 0.6 is 15.9 Å². The zero-order chi connectivity index (χ0) is 15.3. The van der Waals surface area contributed by atoms with Crippen LogP contribution in [0, 0.1) is 12.3 Å². The number of ether oxygens (including phenoxy) is 2. The lowest BCUT2D eigenvalue weighted by Crippen LogP contribution is -2.24. The third-order valence-electron chi connectivity index (χ3n) is 3.23. The second-order valence-corrected chi connectivity index (χ2v) is 6.25.